The molecule has 2 aromatic heterocycles. The molecule has 6 aromatic rings. The number of pyridine rings is 1. The maximum atomic E-state index is 9.01. The second-order valence-corrected chi connectivity index (χ2v) is 10.1. The van der Waals surface area contributed by atoms with Crippen LogP contribution in [0.1, 0.15) is 16.7 Å². The molecule has 42 heavy (non-hydrogen) atoms. The number of nitrogens with zero attached hydrogens (tertiary/aromatic N) is 5. The van der Waals surface area contributed by atoms with Gasteiger partial charge >= 0.3 is 0 Å². The third kappa shape index (κ3) is 5.80. The molecule has 1 N–H and O–H groups in total. The van der Waals surface area contributed by atoms with Gasteiger partial charge in [-0.1, -0.05) is 72.8 Å². The molecule has 208 valence electrons. The van der Waals surface area contributed by atoms with Crippen molar-refractivity contribution < 1.29 is 9.84 Å². The standard InChI is InChI=1S/C35H31N5O2/c1-36-30-15-11-27(12-16-30)24-39-32-9-2-3-10-33(32)40(25-29-7-4-6-28-8-5-20-37-34(28)29)35(39)38-21-19-26-13-17-31(18-14-26)42-23-22-41/h2-18,20,41H,19,21-25H2/b38-35+. The normalized spacial score (nSPS) is 11.7. The van der Waals surface area contributed by atoms with E-state index in [9.17, 15) is 0 Å². The summed E-state index contributed by atoms with van der Waals surface area (Å²) in [6.07, 6.45) is 2.62. The number of rotatable bonds is 10. The Morgan fingerprint density at radius 3 is 2.24 bits per heavy atom. The smallest absolute Gasteiger partial charge is 0.206 e. The van der Waals surface area contributed by atoms with Crippen LogP contribution in [0.5, 0.6) is 5.75 Å². The Morgan fingerprint density at radius 1 is 0.786 bits per heavy atom. The Labute approximate surface area is 244 Å². The SMILES string of the molecule is [C-]#[N+]c1ccc(Cn2/c(=N\CCc3ccc(OCCO)cc3)n(Cc3cccc4cccnc34)c3ccccc32)cc1. The summed E-state index contributed by atoms with van der Waals surface area (Å²) >= 11 is 0. The van der Waals surface area contributed by atoms with Gasteiger partial charge in [0, 0.05) is 18.1 Å². The van der Waals surface area contributed by atoms with E-state index in [1.807, 2.05) is 60.8 Å². The number of fused-ring (bicyclic) bond motifs is 2. The van der Waals surface area contributed by atoms with Crippen LogP contribution < -0.4 is 10.4 Å². The van der Waals surface area contributed by atoms with Crippen LogP contribution in [0, 0.1) is 6.57 Å². The lowest BCUT2D eigenvalue weighted by atomic mass is 10.1. The number of hydrogen-bond donors (Lipinski definition) is 1. The Hall–Kier alpha value is -5.19. The average Bonchev–Trinajstić information content (AvgIpc) is 3.32. The van der Waals surface area contributed by atoms with Crippen LogP contribution >= 0.6 is 0 Å². The Kier molecular flexibility index (Phi) is 8.07. The van der Waals surface area contributed by atoms with Crippen LogP contribution in [0.4, 0.5) is 5.69 Å². The Balaban J connectivity index is 1.42. The second kappa shape index (κ2) is 12.5. The Bertz CT molecular complexity index is 1930. The molecule has 7 heteroatoms. The van der Waals surface area contributed by atoms with Crippen molar-refractivity contribution in [3.63, 3.8) is 0 Å². The Morgan fingerprint density at radius 2 is 1.50 bits per heavy atom. The van der Waals surface area contributed by atoms with Crippen molar-refractivity contribution in [1.82, 2.24) is 14.1 Å². The number of imidazole rings is 1. The molecule has 0 unspecified atom stereocenters. The fourth-order valence-electron chi connectivity index (χ4n) is 5.29. The molecular formula is C35H31N5O2. The highest BCUT2D eigenvalue weighted by Gasteiger charge is 2.14. The van der Waals surface area contributed by atoms with E-state index >= 15 is 0 Å². The number of aromatic nitrogens is 3. The van der Waals surface area contributed by atoms with E-state index in [2.05, 4.69) is 62.5 Å². The number of aliphatic hydroxyl groups is 1. The maximum Gasteiger partial charge on any atom is 0.206 e. The van der Waals surface area contributed by atoms with Crippen LogP contribution in [0.2, 0.25) is 0 Å². The molecular weight excluding hydrogens is 522 g/mol. The fraction of sp³-hybridized carbons (Fsp3) is 0.171. The number of para-hydroxylation sites is 3. The quantitative estimate of drug-likeness (QED) is 0.207. The minimum absolute atomic E-state index is 0.00677. The van der Waals surface area contributed by atoms with E-state index in [1.54, 1.807) is 0 Å². The summed E-state index contributed by atoms with van der Waals surface area (Å²) in [5, 5.41) is 10.1. The van der Waals surface area contributed by atoms with Crippen LogP contribution in [0.3, 0.4) is 0 Å². The van der Waals surface area contributed by atoms with Gasteiger partial charge < -0.3 is 19.0 Å². The highest BCUT2D eigenvalue weighted by atomic mass is 16.5. The van der Waals surface area contributed by atoms with Gasteiger partial charge in [-0.25, -0.2) is 4.85 Å². The topological polar surface area (TPSA) is 68.9 Å². The molecule has 0 radical (unpaired) electrons. The molecule has 0 spiro atoms. The molecule has 0 saturated heterocycles. The van der Waals surface area contributed by atoms with Gasteiger partial charge in [-0.15, -0.1) is 0 Å². The van der Waals surface area contributed by atoms with Gasteiger partial charge in [0.05, 0.1) is 42.8 Å². The van der Waals surface area contributed by atoms with E-state index < -0.39 is 0 Å². The van der Waals surface area contributed by atoms with Crippen molar-refractivity contribution >= 4 is 27.6 Å². The van der Waals surface area contributed by atoms with Crippen molar-refractivity contribution in [2.45, 2.75) is 19.5 Å². The largest absolute Gasteiger partial charge is 0.491 e. The number of hydrogen-bond acceptors (Lipinski definition) is 4. The van der Waals surface area contributed by atoms with Crippen molar-refractivity contribution in [3.05, 3.63) is 143 Å². The number of aliphatic hydroxyl groups excluding tert-OH is 1. The molecule has 0 saturated carbocycles. The summed E-state index contributed by atoms with van der Waals surface area (Å²) in [5.74, 6) is 0.746. The molecule has 0 aliphatic heterocycles. The highest BCUT2D eigenvalue weighted by Crippen LogP contribution is 2.21. The maximum absolute atomic E-state index is 9.01. The van der Waals surface area contributed by atoms with E-state index in [4.69, 9.17) is 26.4 Å². The molecule has 0 bridgehead atoms. The van der Waals surface area contributed by atoms with Gasteiger partial charge in [0.15, 0.2) is 5.69 Å². The molecule has 0 aliphatic rings. The van der Waals surface area contributed by atoms with Crippen LogP contribution in [-0.2, 0) is 19.5 Å². The van der Waals surface area contributed by atoms with Gasteiger partial charge in [-0.3, -0.25) is 9.98 Å². The summed E-state index contributed by atoms with van der Waals surface area (Å²) in [6, 6.07) is 34.6. The van der Waals surface area contributed by atoms with E-state index in [0.29, 0.717) is 25.3 Å². The molecule has 0 atom stereocenters. The first-order chi connectivity index (χ1) is 20.7. The first-order valence-electron chi connectivity index (χ1n) is 14.0. The summed E-state index contributed by atoms with van der Waals surface area (Å²) < 4.78 is 10.1. The van der Waals surface area contributed by atoms with E-state index in [1.165, 1.54) is 0 Å². The first-order valence-corrected chi connectivity index (χ1v) is 14.0. The van der Waals surface area contributed by atoms with Crippen LogP contribution in [-0.4, -0.2) is 39.0 Å². The van der Waals surface area contributed by atoms with Crippen molar-refractivity contribution in [1.29, 1.82) is 0 Å². The fourth-order valence-corrected chi connectivity index (χ4v) is 5.29. The molecule has 6 rings (SSSR count). The predicted octanol–water partition coefficient (Wildman–Crippen LogP) is 6.15. The van der Waals surface area contributed by atoms with Gasteiger partial charge in [0.1, 0.15) is 12.4 Å². The molecule has 4 aromatic carbocycles. The number of benzene rings is 4. The second-order valence-electron chi connectivity index (χ2n) is 10.1. The lowest BCUT2D eigenvalue weighted by Crippen LogP contribution is -2.28. The van der Waals surface area contributed by atoms with Gasteiger partial charge in [-0.05, 0) is 53.4 Å². The monoisotopic (exact) mass is 553 g/mol. The molecule has 2 heterocycles. The molecule has 0 fully saturated rings. The summed E-state index contributed by atoms with van der Waals surface area (Å²) in [6.45, 7) is 9.47. The minimum atomic E-state index is -0.00677. The zero-order valence-electron chi connectivity index (χ0n) is 23.2. The number of ether oxygens (including phenoxy) is 1. The predicted molar refractivity (Wildman–Crippen MR) is 166 cm³/mol. The minimum Gasteiger partial charge on any atom is -0.491 e. The van der Waals surface area contributed by atoms with Crippen LogP contribution in [0.15, 0.2) is 114 Å². The van der Waals surface area contributed by atoms with Gasteiger partial charge in [-0.2, -0.15) is 0 Å². The third-order valence-corrected chi connectivity index (χ3v) is 7.33. The summed E-state index contributed by atoms with van der Waals surface area (Å²) in [7, 11) is 0. The van der Waals surface area contributed by atoms with Gasteiger partial charge in [0.25, 0.3) is 0 Å². The highest BCUT2D eigenvalue weighted by molar-refractivity contribution is 5.82. The third-order valence-electron chi connectivity index (χ3n) is 7.33. The van der Waals surface area contributed by atoms with Crippen molar-refractivity contribution in [2.24, 2.45) is 4.99 Å². The zero-order chi connectivity index (χ0) is 28.7. The van der Waals surface area contributed by atoms with Crippen molar-refractivity contribution in [2.75, 3.05) is 19.8 Å². The van der Waals surface area contributed by atoms with Crippen LogP contribution in [0.25, 0.3) is 26.8 Å². The van der Waals surface area contributed by atoms with E-state index in [-0.39, 0.29) is 13.2 Å². The lowest BCUT2D eigenvalue weighted by Gasteiger charge is -2.10. The first kappa shape index (κ1) is 27.0. The lowest BCUT2D eigenvalue weighted by molar-refractivity contribution is 0.201. The van der Waals surface area contributed by atoms with Crippen molar-refractivity contribution in [3.8, 4) is 5.75 Å². The summed E-state index contributed by atoms with van der Waals surface area (Å²) in [5.41, 5.74) is 8.13. The molecule has 0 aliphatic carbocycles. The molecule has 7 nitrogen and oxygen atoms in total. The van der Waals surface area contributed by atoms with Gasteiger partial charge in [0.2, 0.25) is 5.62 Å². The van der Waals surface area contributed by atoms with E-state index in [0.717, 1.165) is 56.4 Å². The average molecular weight is 554 g/mol. The summed E-state index contributed by atoms with van der Waals surface area (Å²) in [4.78, 5) is 13.5. The molecule has 0 amide bonds. The zero-order valence-corrected chi connectivity index (χ0v) is 23.2.